The highest BCUT2D eigenvalue weighted by Gasteiger charge is 2.28. The summed E-state index contributed by atoms with van der Waals surface area (Å²) in [4.78, 5) is 0. The van der Waals surface area contributed by atoms with Crippen molar-refractivity contribution in [3.63, 3.8) is 0 Å². The summed E-state index contributed by atoms with van der Waals surface area (Å²) in [5.74, 6) is 0.833. The fourth-order valence-electron chi connectivity index (χ4n) is 2.84. The number of ether oxygens (including phenoxy) is 1. The van der Waals surface area contributed by atoms with Crippen LogP contribution < -0.4 is 10.6 Å². The molecule has 0 aromatic carbocycles. The Labute approximate surface area is 99.3 Å². The van der Waals surface area contributed by atoms with Crippen molar-refractivity contribution < 1.29 is 4.74 Å². The maximum absolute atomic E-state index is 5.74. The Balaban J connectivity index is 1.68. The lowest BCUT2D eigenvalue weighted by Gasteiger charge is -2.37. The highest BCUT2D eigenvalue weighted by molar-refractivity contribution is 4.84. The van der Waals surface area contributed by atoms with Crippen LogP contribution >= 0.6 is 0 Å². The normalized spacial score (nSPS) is 34.9. The van der Waals surface area contributed by atoms with E-state index in [2.05, 4.69) is 24.5 Å². The maximum atomic E-state index is 5.74. The molecule has 0 aromatic heterocycles. The van der Waals surface area contributed by atoms with Crippen LogP contribution in [0.2, 0.25) is 0 Å². The van der Waals surface area contributed by atoms with Crippen molar-refractivity contribution in [1.82, 2.24) is 10.6 Å². The minimum Gasteiger partial charge on any atom is -0.375 e. The van der Waals surface area contributed by atoms with E-state index in [1.165, 1.54) is 38.9 Å². The van der Waals surface area contributed by atoms with E-state index in [1.807, 2.05) is 0 Å². The van der Waals surface area contributed by atoms with Crippen LogP contribution in [0.5, 0.6) is 0 Å². The Morgan fingerprint density at radius 1 is 1.38 bits per heavy atom. The van der Waals surface area contributed by atoms with Crippen LogP contribution in [-0.4, -0.2) is 37.9 Å². The Morgan fingerprint density at radius 3 is 2.94 bits per heavy atom. The van der Waals surface area contributed by atoms with Gasteiger partial charge in [-0.15, -0.1) is 0 Å². The summed E-state index contributed by atoms with van der Waals surface area (Å²) >= 11 is 0. The van der Waals surface area contributed by atoms with Crippen LogP contribution in [0.1, 0.15) is 39.5 Å². The molecule has 94 valence electrons. The molecule has 0 bridgehead atoms. The van der Waals surface area contributed by atoms with E-state index < -0.39 is 0 Å². The van der Waals surface area contributed by atoms with Crippen molar-refractivity contribution >= 4 is 0 Å². The third-order valence-electron chi connectivity index (χ3n) is 3.79. The van der Waals surface area contributed by atoms with E-state index in [4.69, 9.17) is 4.74 Å². The second kappa shape index (κ2) is 5.48. The molecule has 3 heteroatoms. The Morgan fingerprint density at radius 2 is 2.25 bits per heavy atom. The topological polar surface area (TPSA) is 33.3 Å². The van der Waals surface area contributed by atoms with Gasteiger partial charge in [0.1, 0.15) is 0 Å². The lowest BCUT2D eigenvalue weighted by molar-refractivity contribution is -0.0632. The van der Waals surface area contributed by atoms with Crippen molar-refractivity contribution in [2.45, 2.75) is 51.2 Å². The van der Waals surface area contributed by atoms with Crippen LogP contribution in [0.15, 0.2) is 0 Å². The first-order chi connectivity index (χ1) is 7.66. The zero-order valence-corrected chi connectivity index (χ0v) is 10.7. The average Bonchev–Trinajstić information content (AvgIpc) is 2.27. The molecule has 0 spiro atoms. The molecule has 2 atom stereocenters. The predicted molar refractivity (Wildman–Crippen MR) is 66.6 cm³/mol. The number of hydrogen-bond acceptors (Lipinski definition) is 3. The monoisotopic (exact) mass is 226 g/mol. The molecule has 16 heavy (non-hydrogen) atoms. The van der Waals surface area contributed by atoms with E-state index in [-0.39, 0.29) is 5.60 Å². The van der Waals surface area contributed by atoms with E-state index in [0.29, 0.717) is 6.04 Å². The molecule has 3 nitrogen and oxygen atoms in total. The van der Waals surface area contributed by atoms with Gasteiger partial charge in [-0.1, -0.05) is 0 Å². The molecule has 0 amide bonds. The SMILES string of the molecule is CC1(C)CC(NCC2CCCNC2)CCO1. The summed E-state index contributed by atoms with van der Waals surface area (Å²) in [5, 5.41) is 7.20. The molecule has 2 aliphatic heterocycles. The minimum absolute atomic E-state index is 0.0702. The standard InChI is InChI=1S/C13H26N2O/c1-13(2)8-12(5-7-16-13)15-10-11-4-3-6-14-9-11/h11-12,14-15H,3-10H2,1-2H3. The number of nitrogens with one attached hydrogen (secondary N) is 2. The summed E-state index contributed by atoms with van der Waals surface area (Å²) in [5.41, 5.74) is 0.0702. The van der Waals surface area contributed by atoms with E-state index in [1.54, 1.807) is 0 Å². The van der Waals surface area contributed by atoms with Crippen molar-refractivity contribution in [1.29, 1.82) is 0 Å². The van der Waals surface area contributed by atoms with Crippen molar-refractivity contribution in [2.24, 2.45) is 5.92 Å². The number of piperidine rings is 1. The van der Waals surface area contributed by atoms with Crippen LogP contribution in [-0.2, 0) is 4.74 Å². The van der Waals surface area contributed by atoms with Gasteiger partial charge in [-0.2, -0.15) is 0 Å². The summed E-state index contributed by atoms with van der Waals surface area (Å²) in [7, 11) is 0. The molecule has 2 heterocycles. The van der Waals surface area contributed by atoms with Gasteiger partial charge < -0.3 is 15.4 Å². The average molecular weight is 226 g/mol. The molecule has 0 saturated carbocycles. The van der Waals surface area contributed by atoms with Gasteiger partial charge in [0.2, 0.25) is 0 Å². The largest absolute Gasteiger partial charge is 0.375 e. The highest BCUT2D eigenvalue weighted by atomic mass is 16.5. The van der Waals surface area contributed by atoms with Gasteiger partial charge in [-0.3, -0.25) is 0 Å². The molecule has 0 radical (unpaired) electrons. The quantitative estimate of drug-likeness (QED) is 0.766. The van der Waals surface area contributed by atoms with E-state index >= 15 is 0 Å². The molecular formula is C13H26N2O. The third kappa shape index (κ3) is 3.72. The zero-order chi connectivity index (χ0) is 11.4. The van der Waals surface area contributed by atoms with Crippen molar-refractivity contribution in [2.75, 3.05) is 26.2 Å². The fourth-order valence-corrected chi connectivity index (χ4v) is 2.84. The van der Waals surface area contributed by atoms with Gasteiger partial charge in [-0.05, 0) is 65.1 Å². The van der Waals surface area contributed by atoms with Crippen molar-refractivity contribution in [3.8, 4) is 0 Å². The van der Waals surface area contributed by atoms with Gasteiger partial charge in [-0.25, -0.2) is 0 Å². The second-order valence-electron chi connectivity index (χ2n) is 5.92. The summed E-state index contributed by atoms with van der Waals surface area (Å²) < 4.78 is 5.74. The molecule has 0 aromatic rings. The zero-order valence-electron chi connectivity index (χ0n) is 10.7. The summed E-state index contributed by atoms with van der Waals surface area (Å²) in [6.07, 6.45) is 5.04. The van der Waals surface area contributed by atoms with Gasteiger partial charge >= 0.3 is 0 Å². The smallest absolute Gasteiger partial charge is 0.0641 e. The fraction of sp³-hybridized carbons (Fsp3) is 1.00. The van der Waals surface area contributed by atoms with Gasteiger partial charge in [0.15, 0.2) is 0 Å². The summed E-state index contributed by atoms with van der Waals surface area (Å²) in [6.45, 7) is 8.88. The van der Waals surface area contributed by atoms with Gasteiger partial charge in [0.05, 0.1) is 5.60 Å². The second-order valence-corrected chi connectivity index (χ2v) is 5.92. The minimum atomic E-state index is 0.0702. The van der Waals surface area contributed by atoms with E-state index in [0.717, 1.165) is 18.9 Å². The lowest BCUT2D eigenvalue weighted by Crippen LogP contribution is -2.46. The van der Waals surface area contributed by atoms with Crippen molar-refractivity contribution in [3.05, 3.63) is 0 Å². The predicted octanol–water partition coefficient (Wildman–Crippen LogP) is 1.53. The van der Waals surface area contributed by atoms with Gasteiger partial charge in [0.25, 0.3) is 0 Å². The number of hydrogen-bond donors (Lipinski definition) is 2. The molecule has 2 rings (SSSR count). The van der Waals surface area contributed by atoms with E-state index in [9.17, 15) is 0 Å². The first-order valence-corrected chi connectivity index (χ1v) is 6.74. The van der Waals surface area contributed by atoms with Crippen LogP contribution in [0.25, 0.3) is 0 Å². The Hall–Kier alpha value is -0.120. The molecular weight excluding hydrogens is 200 g/mol. The lowest BCUT2D eigenvalue weighted by atomic mass is 9.93. The molecule has 0 aliphatic carbocycles. The maximum Gasteiger partial charge on any atom is 0.0641 e. The molecule has 2 saturated heterocycles. The van der Waals surface area contributed by atoms with Crippen LogP contribution in [0, 0.1) is 5.92 Å². The third-order valence-corrected chi connectivity index (χ3v) is 3.79. The van der Waals surface area contributed by atoms with Gasteiger partial charge in [0, 0.05) is 12.6 Å². The molecule has 2 N–H and O–H groups in total. The first-order valence-electron chi connectivity index (χ1n) is 6.74. The highest BCUT2D eigenvalue weighted by Crippen LogP contribution is 2.24. The molecule has 2 fully saturated rings. The molecule has 2 aliphatic rings. The first kappa shape index (κ1) is 12.3. The molecule has 2 unspecified atom stereocenters. The Bertz CT molecular complexity index is 212. The Kier molecular flexibility index (Phi) is 4.22. The van der Waals surface area contributed by atoms with Crippen LogP contribution in [0.4, 0.5) is 0 Å². The van der Waals surface area contributed by atoms with Crippen LogP contribution in [0.3, 0.4) is 0 Å². The number of rotatable bonds is 3. The summed E-state index contributed by atoms with van der Waals surface area (Å²) in [6, 6.07) is 0.658.